The average Bonchev–Trinajstić information content (AvgIpc) is 3.25. The van der Waals surface area contributed by atoms with E-state index in [9.17, 15) is 52.9 Å². The number of nitrogens with one attached hydrogen (secondary N) is 3. The van der Waals surface area contributed by atoms with Crippen molar-refractivity contribution in [2.24, 2.45) is 17.8 Å². The normalized spacial score (nSPS) is 27.7. The van der Waals surface area contributed by atoms with Gasteiger partial charge in [-0.1, -0.05) is 57.2 Å². The molecule has 4 amide bonds. The minimum absolute atomic E-state index is 0.0593. The number of phenols is 1. The third kappa shape index (κ3) is 14.6. The molecule has 6 N–H and O–H groups in total. The van der Waals surface area contributed by atoms with E-state index in [1.807, 2.05) is 0 Å². The number of hydrogen-bond acceptors (Lipinski definition) is 12. The van der Waals surface area contributed by atoms with E-state index in [-0.39, 0.29) is 49.5 Å². The van der Waals surface area contributed by atoms with E-state index in [4.69, 9.17) is 9.57 Å². The molecule has 346 valence electrons. The molecule has 2 saturated heterocycles. The molecule has 0 radical (unpaired) electrons. The van der Waals surface area contributed by atoms with E-state index >= 15 is 0 Å². The van der Waals surface area contributed by atoms with Gasteiger partial charge in [-0.15, -0.1) is 0 Å². The van der Waals surface area contributed by atoms with Crippen LogP contribution >= 0.6 is 0 Å². The lowest BCUT2D eigenvalue weighted by atomic mass is 9.84. The number of allylic oxidation sites excluding steroid dienone is 4. The van der Waals surface area contributed by atoms with Gasteiger partial charge in [-0.2, -0.15) is 4.39 Å². The number of aromatic hydroxyl groups is 1. The summed E-state index contributed by atoms with van der Waals surface area (Å²) in [6.45, 7) is 8.77. The van der Waals surface area contributed by atoms with Crippen LogP contribution in [0.15, 0.2) is 60.2 Å². The summed E-state index contributed by atoms with van der Waals surface area (Å²) in [7, 11) is 0. The average molecular weight is 886 g/mol. The number of ether oxygens (including phenoxy) is 1. The van der Waals surface area contributed by atoms with Gasteiger partial charge in [0.05, 0.1) is 24.7 Å². The monoisotopic (exact) mass is 885 g/mol. The largest absolute Gasteiger partial charge is 0.505 e. The van der Waals surface area contributed by atoms with E-state index in [0.29, 0.717) is 25.1 Å². The highest BCUT2D eigenvalue weighted by molar-refractivity contribution is 5.93. The molecule has 16 nitrogen and oxygen atoms in total. The van der Waals surface area contributed by atoms with Crippen molar-refractivity contribution in [3.63, 3.8) is 0 Å². The van der Waals surface area contributed by atoms with Crippen molar-refractivity contribution >= 4 is 35.4 Å². The number of carbonyl (C=O) groups is 6. The number of cyclic esters (lactones) is 1. The molecule has 3 aliphatic rings. The second-order valence-electron chi connectivity index (χ2n) is 16.6. The molecule has 0 saturated carbocycles. The molecule has 1 aromatic rings. The van der Waals surface area contributed by atoms with Crippen LogP contribution in [0.4, 0.5) is 8.78 Å². The number of hydrogen-bond donors (Lipinski definition) is 6. The minimum Gasteiger partial charge on any atom is -0.505 e. The highest BCUT2D eigenvalue weighted by atomic mass is 19.2. The molecule has 0 aromatic heterocycles. The maximum Gasteiger partial charge on any atom is 0.325 e. The molecule has 3 aliphatic heterocycles. The highest BCUT2D eigenvalue weighted by Crippen LogP contribution is 2.25. The number of rotatable bonds is 9. The number of benzene rings is 1. The summed E-state index contributed by atoms with van der Waals surface area (Å²) in [5.74, 6) is -10.5. The smallest absolute Gasteiger partial charge is 0.325 e. The van der Waals surface area contributed by atoms with Gasteiger partial charge in [0.2, 0.25) is 11.8 Å². The third-order valence-corrected chi connectivity index (χ3v) is 11.3. The van der Waals surface area contributed by atoms with Gasteiger partial charge in [0.25, 0.3) is 11.8 Å². The molecule has 0 aliphatic carbocycles. The van der Waals surface area contributed by atoms with Gasteiger partial charge in [0, 0.05) is 44.3 Å². The number of amides is 4. The quantitative estimate of drug-likeness (QED) is 0.120. The predicted molar refractivity (Wildman–Crippen MR) is 225 cm³/mol. The molecule has 1 unspecified atom stereocenters. The summed E-state index contributed by atoms with van der Waals surface area (Å²) in [6.07, 6.45) is 8.79. The first kappa shape index (κ1) is 50.3. The van der Waals surface area contributed by atoms with Gasteiger partial charge >= 0.3 is 5.97 Å². The Morgan fingerprint density at radius 1 is 1.00 bits per heavy atom. The number of fused-ring (bicyclic) bond motifs is 2. The number of hydrazine groups is 1. The number of ketones is 1. The van der Waals surface area contributed by atoms with Gasteiger partial charge in [0.15, 0.2) is 17.4 Å². The molecule has 3 heterocycles. The van der Waals surface area contributed by atoms with Gasteiger partial charge < -0.3 is 35.5 Å². The number of Topliss-reactive ketones (excluding diaryl/α,β-unsaturated/α-hetero) is 1. The Hall–Kier alpha value is -5.30. The van der Waals surface area contributed by atoms with E-state index in [1.165, 1.54) is 43.2 Å². The summed E-state index contributed by atoms with van der Waals surface area (Å²) in [5.41, 5.74) is 3.38. The lowest BCUT2D eigenvalue weighted by molar-refractivity contribution is -0.191. The van der Waals surface area contributed by atoms with Crippen molar-refractivity contribution in [2.75, 3.05) is 19.7 Å². The van der Waals surface area contributed by atoms with Crippen LogP contribution in [0.3, 0.4) is 0 Å². The fourth-order valence-corrected chi connectivity index (χ4v) is 7.35. The van der Waals surface area contributed by atoms with Crippen molar-refractivity contribution in [3.8, 4) is 5.75 Å². The number of esters is 1. The molecule has 4 rings (SSSR count). The molecule has 63 heavy (non-hydrogen) atoms. The van der Waals surface area contributed by atoms with Gasteiger partial charge in [0.1, 0.15) is 30.0 Å². The Balaban J connectivity index is 1.72. The van der Waals surface area contributed by atoms with Crippen LogP contribution in [0.25, 0.3) is 0 Å². The number of carbonyl (C=O) groups excluding carboxylic acids is 6. The van der Waals surface area contributed by atoms with Gasteiger partial charge in [-0.25, -0.2) is 14.9 Å². The first-order valence-electron chi connectivity index (χ1n) is 21.4. The molecule has 0 spiro atoms. The maximum atomic E-state index is 14.5. The number of aliphatic hydroxyl groups excluding tert-OH is 2. The van der Waals surface area contributed by atoms with Crippen LogP contribution in [0.5, 0.6) is 5.75 Å². The molecule has 2 fully saturated rings. The van der Waals surface area contributed by atoms with Crippen LogP contribution in [0, 0.1) is 29.4 Å². The van der Waals surface area contributed by atoms with Crippen molar-refractivity contribution in [2.45, 2.75) is 122 Å². The minimum atomic E-state index is -1.52. The first-order valence-corrected chi connectivity index (χ1v) is 21.4. The summed E-state index contributed by atoms with van der Waals surface area (Å²) >= 11 is 0. The van der Waals surface area contributed by atoms with Crippen molar-refractivity contribution < 1.29 is 62.4 Å². The Morgan fingerprint density at radius 2 is 1.75 bits per heavy atom. The van der Waals surface area contributed by atoms with Crippen LogP contribution < -0.4 is 16.1 Å². The number of hydroxylamine groups is 2. The fourth-order valence-electron chi connectivity index (χ4n) is 7.35. The van der Waals surface area contributed by atoms with Crippen LogP contribution in [0.1, 0.15) is 85.1 Å². The van der Waals surface area contributed by atoms with Gasteiger partial charge in [-0.05, 0) is 75.1 Å². The molecular formula is C45H61F2N5O11. The SMILES string of the molecule is CC(=O)CC[C@H]1C(=O)N[C@@H](C(C)C)C(=O)N[C@@H](Cc2cc(O)c(F)c(F)c2)C(=O)N2CCCC(N2)C(=O)O[C@H](C(C)=CC=CC(=O)N2CCCCO2)CC=CC=C[C@H](O)[C@H](C)[C@H]1O. The standard InChI is InChI=1S/C45H61F2N5O11/c1-26(2)40-43(59)48-34(24-30-23-32(46)39(47)36(55)25-30)44(60)51-20-12-14-33(50-51)45(61)63-37(27(3)13-11-17-38(56)52-21-9-10-22-62-52)16-8-6-7-15-35(54)29(5)41(57)31(42(58)49-40)19-18-28(4)53/h6-8,11,13,15,17,23,25-26,29,31,33-35,37,40-41,50,54-55,57H,9-10,12,14,16,18-22,24H2,1-5H3,(H,48,59)(H,49,58)/t29-,31+,33?,34-,35-,37-,40-,41+/m0/s1. The lowest BCUT2D eigenvalue weighted by Crippen LogP contribution is -2.62. The van der Waals surface area contributed by atoms with Crippen LogP contribution in [-0.2, 0) is 44.8 Å². The lowest BCUT2D eigenvalue weighted by Gasteiger charge is -2.36. The molecule has 2 bridgehead atoms. The highest BCUT2D eigenvalue weighted by Gasteiger charge is 2.39. The van der Waals surface area contributed by atoms with Crippen LogP contribution in [-0.4, -0.2) is 117 Å². The number of nitrogens with zero attached hydrogens (tertiary/aromatic N) is 2. The Morgan fingerprint density at radius 3 is 2.41 bits per heavy atom. The Bertz CT molecular complexity index is 1910. The Kier molecular flexibility index (Phi) is 19.1. The summed E-state index contributed by atoms with van der Waals surface area (Å²) in [5, 5.41) is 40.3. The fraction of sp³-hybridized carbons (Fsp3) is 0.556. The molecular weight excluding hydrogens is 825 g/mol. The number of halogens is 2. The van der Waals surface area contributed by atoms with Gasteiger partial charge in [-0.3, -0.25) is 33.8 Å². The van der Waals surface area contributed by atoms with E-state index in [2.05, 4.69) is 16.1 Å². The van der Waals surface area contributed by atoms with E-state index in [0.717, 1.165) is 30.0 Å². The predicted octanol–water partition coefficient (Wildman–Crippen LogP) is 3.16. The summed E-state index contributed by atoms with van der Waals surface area (Å²) in [6, 6.07) is -2.21. The maximum absolute atomic E-state index is 14.5. The molecule has 8 atom stereocenters. The zero-order valence-corrected chi connectivity index (χ0v) is 36.4. The van der Waals surface area contributed by atoms with E-state index in [1.54, 1.807) is 39.0 Å². The number of phenolic OH excluding ortho intramolecular Hbond substituents is 1. The molecule has 18 heteroatoms. The molecule has 1 aromatic carbocycles. The zero-order chi connectivity index (χ0) is 46.4. The second kappa shape index (κ2) is 24.0. The van der Waals surface area contributed by atoms with Crippen molar-refractivity contribution in [1.29, 1.82) is 0 Å². The van der Waals surface area contributed by atoms with Crippen molar-refractivity contribution in [1.82, 2.24) is 26.1 Å². The van der Waals surface area contributed by atoms with Crippen LogP contribution in [0.2, 0.25) is 0 Å². The third-order valence-electron chi connectivity index (χ3n) is 11.3. The van der Waals surface area contributed by atoms with E-state index < -0.39 is 102 Å². The summed E-state index contributed by atoms with van der Waals surface area (Å²) < 4.78 is 34.6. The number of aliphatic hydroxyl groups is 2. The topological polar surface area (TPSA) is 224 Å². The zero-order valence-electron chi connectivity index (χ0n) is 36.4. The van der Waals surface area contributed by atoms with Crippen molar-refractivity contribution in [3.05, 3.63) is 77.4 Å². The second-order valence-corrected chi connectivity index (χ2v) is 16.6. The summed E-state index contributed by atoms with van der Waals surface area (Å²) in [4.78, 5) is 86.3. The Labute approximate surface area is 366 Å². The first-order chi connectivity index (χ1) is 29.9.